The molecule has 0 saturated heterocycles. The molecule has 6 rings (SSSR count). The van der Waals surface area contributed by atoms with Crippen molar-refractivity contribution in [3.05, 3.63) is 41.0 Å². The second kappa shape index (κ2) is 8.47. The average molecular weight is 534 g/mol. The van der Waals surface area contributed by atoms with E-state index in [1.807, 2.05) is 19.9 Å². The second-order valence-electron chi connectivity index (χ2n) is 11.2. The van der Waals surface area contributed by atoms with Gasteiger partial charge in [-0.25, -0.2) is 0 Å². The van der Waals surface area contributed by atoms with Crippen LogP contribution in [0.1, 0.15) is 54.1 Å². The summed E-state index contributed by atoms with van der Waals surface area (Å²) in [5.74, 6) is -9.25. The fraction of sp³-hybridized carbons (Fsp3) is 0.414. The largest absolute Gasteiger partial charge is 0.507 e. The Bertz CT molecular complexity index is 1510. The molecule has 10 heteroatoms. The SMILES string of the molecule is CC(C)c1cc(-c2ccc3c(c2)OCO3)c(O)c2c1C[C@H]1C[C@H]3CC(=O)C(C(N)=O)C(=O)[C@@]3(O)C(=O)C1C2=O. The number of primary amides is 1. The number of phenols is 1. The average Bonchev–Trinajstić information content (AvgIpc) is 3.34. The molecule has 2 saturated carbocycles. The zero-order valence-corrected chi connectivity index (χ0v) is 21.4. The molecule has 2 fully saturated rings. The molecule has 1 aliphatic heterocycles. The summed E-state index contributed by atoms with van der Waals surface area (Å²) in [5, 5.41) is 22.9. The fourth-order valence-electron chi connectivity index (χ4n) is 6.86. The van der Waals surface area contributed by atoms with E-state index in [1.165, 1.54) is 0 Å². The number of ketones is 4. The Balaban J connectivity index is 1.48. The summed E-state index contributed by atoms with van der Waals surface area (Å²) in [6, 6.07) is 6.96. The predicted molar refractivity (Wildman–Crippen MR) is 134 cm³/mol. The number of hydrogen-bond donors (Lipinski definition) is 3. The van der Waals surface area contributed by atoms with Crippen molar-refractivity contribution in [2.75, 3.05) is 6.79 Å². The Kier molecular flexibility index (Phi) is 5.48. The van der Waals surface area contributed by atoms with Gasteiger partial charge in [0.15, 0.2) is 46.2 Å². The van der Waals surface area contributed by atoms with Crippen LogP contribution in [0.15, 0.2) is 24.3 Å². The number of aliphatic hydroxyl groups is 1. The van der Waals surface area contributed by atoms with Crippen molar-refractivity contribution in [1.82, 2.24) is 0 Å². The first-order valence-corrected chi connectivity index (χ1v) is 12.9. The minimum Gasteiger partial charge on any atom is -0.507 e. The molecule has 4 aliphatic rings. The van der Waals surface area contributed by atoms with Gasteiger partial charge in [0.25, 0.3) is 0 Å². The van der Waals surface area contributed by atoms with Crippen LogP contribution in [-0.2, 0) is 25.6 Å². The Labute approximate surface area is 223 Å². The standard InChI is InChI=1S/C29H27NO9/c1-11(2)15-9-16(12-3-4-19-20(7-12)39-10-38-19)24(32)22-17(15)6-13-5-14-8-18(31)23(28(30)36)27(35)29(14,37)26(34)21(13)25(22)33/h3-4,7,9,11,13-14,21,23,32,37H,5-6,8,10H2,1-2H3,(H2,30,36)/t13-,14+,21?,23?,29+/m1/s1. The number of carbonyl (C=O) groups excluding carboxylic acids is 5. The van der Waals surface area contributed by atoms with E-state index >= 15 is 0 Å². The molecule has 4 N–H and O–H groups in total. The van der Waals surface area contributed by atoms with Crippen LogP contribution in [0.2, 0.25) is 0 Å². The van der Waals surface area contributed by atoms with E-state index in [1.54, 1.807) is 18.2 Å². The lowest BCUT2D eigenvalue weighted by Gasteiger charge is -2.48. The number of hydrogen-bond acceptors (Lipinski definition) is 9. The lowest BCUT2D eigenvalue weighted by atomic mass is 9.53. The molecule has 39 heavy (non-hydrogen) atoms. The molecule has 3 aliphatic carbocycles. The number of phenolic OH excluding ortho intramolecular Hbond substituents is 1. The molecule has 0 bridgehead atoms. The highest BCUT2D eigenvalue weighted by molar-refractivity contribution is 6.31. The number of aromatic hydroxyl groups is 1. The quantitative estimate of drug-likeness (QED) is 0.498. The van der Waals surface area contributed by atoms with Crippen LogP contribution < -0.4 is 15.2 Å². The highest BCUT2D eigenvalue weighted by atomic mass is 16.7. The van der Waals surface area contributed by atoms with E-state index in [0.717, 1.165) is 5.56 Å². The van der Waals surface area contributed by atoms with Crippen LogP contribution >= 0.6 is 0 Å². The van der Waals surface area contributed by atoms with Gasteiger partial charge in [-0.2, -0.15) is 0 Å². The summed E-state index contributed by atoms with van der Waals surface area (Å²) in [6.07, 6.45) is -0.0609. The van der Waals surface area contributed by atoms with Crippen molar-refractivity contribution >= 4 is 29.0 Å². The van der Waals surface area contributed by atoms with Crippen LogP contribution in [0.5, 0.6) is 17.2 Å². The number of benzene rings is 2. The highest BCUT2D eigenvalue weighted by Crippen LogP contribution is 2.52. The Morgan fingerprint density at radius 3 is 2.46 bits per heavy atom. The lowest BCUT2D eigenvalue weighted by Crippen LogP contribution is -2.68. The van der Waals surface area contributed by atoms with Crippen molar-refractivity contribution in [1.29, 1.82) is 0 Å². The number of amides is 1. The van der Waals surface area contributed by atoms with Crippen molar-refractivity contribution in [2.24, 2.45) is 29.4 Å². The van der Waals surface area contributed by atoms with Crippen LogP contribution in [0.3, 0.4) is 0 Å². The van der Waals surface area contributed by atoms with Gasteiger partial charge < -0.3 is 25.4 Å². The van der Waals surface area contributed by atoms with Gasteiger partial charge in [-0.3, -0.25) is 24.0 Å². The van der Waals surface area contributed by atoms with E-state index < -0.39 is 58.3 Å². The highest BCUT2D eigenvalue weighted by Gasteiger charge is 2.66. The molecule has 1 heterocycles. The van der Waals surface area contributed by atoms with E-state index in [9.17, 15) is 34.2 Å². The third kappa shape index (κ3) is 3.40. The summed E-state index contributed by atoms with van der Waals surface area (Å²) in [7, 11) is 0. The molecule has 2 aromatic carbocycles. The zero-order valence-electron chi connectivity index (χ0n) is 21.4. The first-order chi connectivity index (χ1) is 18.4. The smallest absolute Gasteiger partial charge is 0.235 e. The van der Waals surface area contributed by atoms with Crippen LogP contribution in [0.4, 0.5) is 0 Å². The van der Waals surface area contributed by atoms with Crippen LogP contribution in [0, 0.1) is 23.7 Å². The summed E-state index contributed by atoms with van der Waals surface area (Å²) >= 11 is 0. The maximum Gasteiger partial charge on any atom is 0.235 e. The molecule has 0 spiro atoms. The van der Waals surface area contributed by atoms with Gasteiger partial charge in [-0.15, -0.1) is 0 Å². The topological polar surface area (TPSA) is 170 Å². The number of rotatable bonds is 3. The van der Waals surface area contributed by atoms with Gasteiger partial charge in [0.05, 0.1) is 11.5 Å². The first-order valence-electron chi connectivity index (χ1n) is 12.9. The fourth-order valence-corrected chi connectivity index (χ4v) is 6.86. The third-order valence-electron chi connectivity index (χ3n) is 8.74. The zero-order chi connectivity index (χ0) is 28.0. The molecule has 0 aromatic heterocycles. The third-order valence-corrected chi connectivity index (χ3v) is 8.74. The van der Waals surface area contributed by atoms with Crippen molar-refractivity contribution in [3.63, 3.8) is 0 Å². The molecule has 2 unspecified atom stereocenters. The van der Waals surface area contributed by atoms with Crippen LogP contribution in [0.25, 0.3) is 11.1 Å². The Hall–Kier alpha value is -4.05. The van der Waals surface area contributed by atoms with Gasteiger partial charge in [0.2, 0.25) is 12.7 Å². The maximum atomic E-state index is 14.0. The molecule has 202 valence electrons. The summed E-state index contributed by atoms with van der Waals surface area (Å²) in [4.78, 5) is 65.3. The van der Waals surface area contributed by atoms with Crippen molar-refractivity contribution < 1.29 is 43.7 Å². The second-order valence-corrected chi connectivity index (χ2v) is 11.2. The monoisotopic (exact) mass is 533 g/mol. The molecule has 2 aromatic rings. The number of Topliss-reactive ketones (excluding diaryl/α,β-unsaturated/α-hetero) is 4. The summed E-state index contributed by atoms with van der Waals surface area (Å²) in [6.45, 7) is 3.99. The van der Waals surface area contributed by atoms with Gasteiger partial charge in [-0.05, 0) is 59.6 Å². The number of nitrogens with two attached hydrogens (primary N) is 1. The van der Waals surface area contributed by atoms with Gasteiger partial charge in [0.1, 0.15) is 5.75 Å². The van der Waals surface area contributed by atoms with Gasteiger partial charge >= 0.3 is 0 Å². The van der Waals surface area contributed by atoms with E-state index in [-0.39, 0.29) is 43.3 Å². The number of fused-ring (bicyclic) bond motifs is 4. The Morgan fingerprint density at radius 2 is 1.77 bits per heavy atom. The molecule has 5 atom stereocenters. The van der Waals surface area contributed by atoms with Crippen molar-refractivity contribution in [2.45, 2.75) is 44.6 Å². The van der Waals surface area contributed by atoms with E-state index in [4.69, 9.17) is 15.2 Å². The predicted octanol–water partition coefficient (Wildman–Crippen LogP) is 1.85. The molecular formula is C29H27NO9. The molecule has 10 nitrogen and oxygen atoms in total. The van der Waals surface area contributed by atoms with Crippen LogP contribution in [-0.4, -0.2) is 51.6 Å². The molecule has 0 radical (unpaired) electrons. The van der Waals surface area contributed by atoms with Gasteiger partial charge in [0, 0.05) is 17.9 Å². The normalized spacial score (nSPS) is 29.2. The lowest BCUT2D eigenvalue weighted by molar-refractivity contribution is -0.175. The maximum absolute atomic E-state index is 14.0. The number of ether oxygens (including phenoxy) is 2. The molecule has 1 amide bonds. The molecular weight excluding hydrogens is 506 g/mol. The number of carbonyl (C=O) groups is 5. The van der Waals surface area contributed by atoms with Gasteiger partial charge in [-0.1, -0.05) is 19.9 Å². The summed E-state index contributed by atoms with van der Waals surface area (Å²) in [5.41, 5.74) is 4.94. The minimum absolute atomic E-state index is 0.0173. The van der Waals surface area contributed by atoms with E-state index in [2.05, 4.69) is 0 Å². The summed E-state index contributed by atoms with van der Waals surface area (Å²) < 4.78 is 10.8. The Morgan fingerprint density at radius 1 is 1.05 bits per heavy atom. The van der Waals surface area contributed by atoms with E-state index in [0.29, 0.717) is 28.2 Å². The van der Waals surface area contributed by atoms with Crippen molar-refractivity contribution in [3.8, 4) is 28.4 Å². The minimum atomic E-state index is -2.67. The first kappa shape index (κ1) is 25.2.